The van der Waals surface area contributed by atoms with Gasteiger partial charge in [0.05, 0.1) is 11.8 Å². The van der Waals surface area contributed by atoms with Crippen LogP contribution in [0.5, 0.6) is 0 Å². The topological polar surface area (TPSA) is 128 Å². The second-order valence-electron chi connectivity index (χ2n) is 7.87. The van der Waals surface area contributed by atoms with E-state index in [0.29, 0.717) is 23.9 Å². The zero-order valence-corrected chi connectivity index (χ0v) is 18.4. The third kappa shape index (κ3) is 5.03. The summed E-state index contributed by atoms with van der Waals surface area (Å²) in [6.45, 7) is 0.668. The Morgan fingerprint density at radius 3 is 2.61 bits per heavy atom. The van der Waals surface area contributed by atoms with Gasteiger partial charge in [-0.15, -0.1) is 0 Å². The van der Waals surface area contributed by atoms with E-state index in [-0.39, 0.29) is 29.5 Å². The molecule has 0 spiro atoms. The van der Waals surface area contributed by atoms with Crippen molar-refractivity contribution in [1.29, 1.82) is 0 Å². The van der Waals surface area contributed by atoms with Crippen LogP contribution in [0.25, 0.3) is 10.9 Å². The van der Waals surface area contributed by atoms with Gasteiger partial charge in [0.2, 0.25) is 15.9 Å². The van der Waals surface area contributed by atoms with Crippen molar-refractivity contribution in [3.8, 4) is 0 Å². The molecule has 1 atom stereocenters. The Morgan fingerprint density at radius 1 is 1.18 bits per heavy atom. The van der Waals surface area contributed by atoms with Crippen LogP contribution in [-0.4, -0.2) is 54.7 Å². The Morgan fingerprint density at radius 2 is 1.91 bits per heavy atom. The number of halogens is 1. The van der Waals surface area contributed by atoms with Crippen molar-refractivity contribution in [3.05, 3.63) is 65.6 Å². The van der Waals surface area contributed by atoms with Gasteiger partial charge in [-0.3, -0.25) is 19.1 Å². The smallest absolute Gasteiger partial charge is 0.293 e. The van der Waals surface area contributed by atoms with Crippen molar-refractivity contribution in [2.24, 2.45) is 0 Å². The number of ketones is 1. The number of hydrogen-bond acceptors (Lipinski definition) is 5. The first-order chi connectivity index (χ1) is 15.6. The van der Waals surface area contributed by atoms with Crippen molar-refractivity contribution in [3.63, 3.8) is 0 Å². The van der Waals surface area contributed by atoms with E-state index >= 15 is 0 Å². The summed E-state index contributed by atoms with van der Waals surface area (Å²) in [4.78, 5) is 42.5. The molecule has 2 aromatic carbocycles. The number of aromatic nitrogens is 1. The van der Waals surface area contributed by atoms with E-state index in [1.165, 1.54) is 35.4 Å². The summed E-state index contributed by atoms with van der Waals surface area (Å²) in [6.07, 6.45) is 2.72. The van der Waals surface area contributed by atoms with Crippen LogP contribution in [0, 0.1) is 5.82 Å². The van der Waals surface area contributed by atoms with Gasteiger partial charge in [-0.1, -0.05) is 12.1 Å². The van der Waals surface area contributed by atoms with Crippen LogP contribution < -0.4 is 10.0 Å². The first kappa shape index (κ1) is 22.5. The summed E-state index contributed by atoms with van der Waals surface area (Å²) in [6, 6.07) is 9.53. The normalized spacial score (nSPS) is 16.2. The minimum atomic E-state index is -3.52. The van der Waals surface area contributed by atoms with Gasteiger partial charge in [0, 0.05) is 35.9 Å². The molecule has 2 amide bonds. The zero-order chi connectivity index (χ0) is 23.8. The average molecular weight is 472 g/mol. The largest absolute Gasteiger partial charge is 0.360 e. The quantitative estimate of drug-likeness (QED) is 0.357. The summed E-state index contributed by atoms with van der Waals surface area (Å²) in [7, 11) is -3.52. The summed E-state index contributed by atoms with van der Waals surface area (Å²) < 4.78 is 38.4. The number of anilines is 1. The molecule has 3 aromatic rings. The number of fused-ring (bicyclic) bond motifs is 1. The SMILES string of the molecule is CS(=O)(=O)Nc1ccc2[nH]cc(C(=O)C(=O)NC3CCN(Cc4ccc(F)cc4)C3=O)c2c1. The van der Waals surface area contributed by atoms with Gasteiger partial charge in [-0.2, -0.15) is 0 Å². The summed E-state index contributed by atoms with van der Waals surface area (Å²) in [5.74, 6) is -2.47. The first-order valence-corrected chi connectivity index (χ1v) is 12.0. The van der Waals surface area contributed by atoms with Crippen LogP contribution in [0.1, 0.15) is 22.3 Å². The highest BCUT2D eigenvalue weighted by Crippen LogP contribution is 2.24. The van der Waals surface area contributed by atoms with Gasteiger partial charge in [0.1, 0.15) is 11.9 Å². The zero-order valence-electron chi connectivity index (χ0n) is 17.6. The lowest BCUT2D eigenvalue weighted by atomic mass is 10.1. The van der Waals surface area contributed by atoms with E-state index in [9.17, 15) is 27.2 Å². The summed E-state index contributed by atoms with van der Waals surface area (Å²) in [5, 5.41) is 2.87. The number of sulfonamides is 1. The molecule has 1 aromatic heterocycles. The third-order valence-corrected chi connectivity index (χ3v) is 5.93. The van der Waals surface area contributed by atoms with Crippen molar-refractivity contribution in [2.75, 3.05) is 17.5 Å². The number of Topliss-reactive ketones (excluding diaryl/α,β-unsaturated/α-hetero) is 1. The highest BCUT2D eigenvalue weighted by atomic mass is 32.2. The predicted molar refractivity (Wildman–Crippen MR) is 119 cm³/mol. The molecule has 1 saturated heterocycles. The number of benzene rings is 2. The Kier molecular flexibility index (Phi) is 5.90. The Hall–Kier alpha value is -3.73. The van der Waals surface area contributed by atoms with E-state index in [4.69, 9.17) is 0 Å². The standard InChI is InChI=1S/C22H21FN4O5S/c1-33(31,32)26-15-6-7-18-16(10-15)17(11-24-18)20(28)21(29)25-19-8-9-27(22(19)30)12-13-2-4-14(23)5-3-13/h2-7,10-11,19,24,26H,8-9,12H2,1H3,(H,25,29). The number of rotatable bonds is 7. The lowest BCUT2D eigenvalue weighted by Gasteiger charge is -2.17. The number of H-pyrrole nitrogens is 1. The number of aromatic amines is 1. The van der Waals surface area contributed by atoms with Gasteiger partial charge >= 0.3 is 0 Å². The van der Waals surface area contributed by atoms with Gasteiger partial charge in [-0.25, -0.2) is 12.8 Å². The van der Waals surface area contributed by atoms with Crippen molar-refractivity contribution in [2.45, 2.75) is 19.0 Å². The summed E-state index contributed by atoms with van der Waals surface area (Å²) >= 11 is 0. The number of carbonyl (C=O) groups excluding carboxylic acids is 3. The highest BCUT2D eigenvalue weighted by Gasteiger charge is 2.34. The Bertz CT molecular complexity index is 1350. The van der Waals surface area contributed by atoms with E-state index < -0.39 is 27.8 Å². The molecule has 1 aliphatic rings. The molecule has 3 N–H and O–H groups in total. The van der Waals surface area contributed by atoms with Crippen LogP contribution in [0.2, 0.25) is 0 Å². The number of nitrogens with one attached hydrogen (secondary N) is 3. The van der Waals surface area contributed by atoms with Gasteiger partial charge in [-0.05, 0) is 42.3 Å². The fourth-order valence-corrected chi connectivity index (χ4v) is 4.33. The Labute approximate surface area is 189 Å². The predicted octanol–water partition coefficient (Wildman–Crippen LogP) is 1.78. The average Bonchev–Trinajstić information content (AvgIpc) is 3.32. The lowest BCUT2D eigenvalue weighted by Crippen LogP contribution is -2.44. The minimum Gasteiger partial charge on any atom is -0.360 e. The number of nitrogens with zero attached hydrogens (tertiary/aromatic N) is 1. The monoisotopic (exact) mass is 472 g/mol. The maximum absolute atomic E-state index is 13.1. The minimum absolute atomic E-state index is 0.0632. The second-order valence-corrected chi connectivity index (χ2v) is 9.62. The maximum Gasteiger partial charge on any atom is 0.293 e. The maximum atomic E-state index is 13.1. The van der Waals surface area contributed by atoms with Crippen LogP contribution in [-0.2, 0) is 26.2 Å². The molecule has 0 radical (unpaired) electrons. The molecule has 4 rings (SSSR count). The molecule has 0 saturated carbocycles. The number of likely N-dealkylation sites (tertiary alicyclic amines) is 1. The van der Waals surface area contributed by atoms with E-state index in [1.807, 2.05) is 0 Å². The second kappa shape index (κ2) is 8.66. The molecule has 1 fully saturated rings. The molecule has 11 heteroatoms. The lowest BCUT2D eigenvalue weighted by molar-refractivity contribution is -0.132. The van der Waals surface area contributed by atoms with Gasteiger partial charge in [0.25, 0.3) is 11.7 Å². The van der Waals surface area contributed by atoms with E-state index in [2.05, 4.69) is 15.0 Å². The molecule has 1 unspecified atom stereocenters. The van der Waals surface area contributed by atoms with Crippen LogP contribution in [0.4, 0.5) is 10.1 Å². The molecule has 0 aliphatic carbocycles. The molecule has 9 nitrogen and oxygen atoms in total. The molecule has 0 bridgehead atoms. The van der Waals surface area contributed by atoms with Crippen molar-refractivity contribution < 1.29 is 27.2 Å². The first-order valence-electron chi connectivity index (χ1n) is 10.1. The van der Waals surface area contributed by atoms with Crippen LogP contribution in [0.15, 0.2) is 48.7 Å². The van der Waals surface area contributed by atoms with Crippen LogP contribution >= 0.6 is 0 Å². The van der Waals surface area contributed by atoms with Gasteiger partial charge < -0.3 is 15.2 Å². The number of carbonyl (C=O) groups is 3. The fraction of sp³-hybridized carbons (Fsp3) is 0.227. The molecule has 172 valence electrons. The molecule has 1 aliphatic heterocycles. The van der Waals surface area contributed by atoms with Gasteiger partial charge in [0.15, 0.2) is 0 Å². The third-order valence-electron chi connectivity index (χ3n) is 5.33. The number of hydrogen-bond donors (Lipinski definition) is 3. The highest BCUT2D eigenvalue weighted by molar-refractivity contribution is 7.92. The Balaban J connectivity index is 1.45. The molecular weight excluding hydrogens is 451 g/mol. The fourth-order valence-electron chi connectivity index (χ4n) is 3.77. The van der Waals surface area contributed by atoms with Crippen LogP contribution in [0.3, 0.4) is 0 Å². The molecule has 2 heterocycles. The van der Waals surface area contributed by atoms with E-state index in [1.54, 1.807) is 18.2 Å². The summed E-state index contributed by atoms with van der Waals surface area (Å²) in [5.41, 5.74) is 1.62. The molecular formula is C22H21FN4O5S. The number of amides is 2. The molecule has 33 heavy (non-hydrogen) atoms. The van der Waals surface area contributed by atoms with E-state index in [0.717, 1.165) is 11.8 Å². The van der Waals surface area contributed by atoms with Crippen molar-refractivity contribution >= 4 is 44.2 Å². The van der Waals surface area contributed by atoms with Crippen molar-refractivity contribution in [1.82, 2.24) is 15.2 Å².